The fraction of sp³-hybridized carbons (Fsp3) is 0.227. The molecule has 2 heterocycles. The zero-order valence-electron chi connectivity index (χ0n) is 16.9. The number of carbonyl (C=O) groups excluding carboxylic acids is 2. The monoisotopic (exact) mass is 420 g/mol. The molecule has 0 saturated carbocycles. The Bertz CT molecular complexity index is 1130. The van der Waals surface area contributed by atoms with Gasteiger partial charge in [-0.2, -0.15) is 0 Å². The number of benzene rings is 2. The summed E-state index contributed by atoms with van der Waals surface area (Å²) in [6.45, 7) is 3.34. The highest BCUT2D eigenvalue weighted by atomic mass is 16.6. The predicted molar refractivity (Wildman–Crippen MR) is 110 cm³/mol. The van der Waals surface area contributed by atoms with Gasteiger partial charge in [0.2, 0.25) is 6.33 Å². The molecule has 2 aromatic carbocycles. The van der Waals surface area contributed by atoms with Gasteiger partial charge in [0.15, 0.2) is 0 Å². The predicted octanol–water partition coefficient (Wildman–Crippen LogP) is 3.66. The van der Waals surface area contributed by atoms with Gasteiger partial charge in [-0.3, -0.25) is 9.36 Å². The minimum Gasteiger partial charge on any atom is -0.439 e. The van der Waals surface area contributed by atoms with Crippen molar-refractivity contribution >= 4 is 17.8 Å². The number of cyclic esters (lactones) is 1. The molecule has 1 aliphatic heterocycles. The number of ether oxygens (including phenoxy) is 1. The number of nitro groups is 1. The van der Waals surface area contributed by atoms with Crippen LogP contribution >= 0.6 is 0 Å². The minimum atomic E-state index is -1.46. The van der Waals surface area contributed by atoms with Crippen LogP contribution in [0.25, 0.3) is 0 Å². The molecule has 1 aliphatic rings. The molecule has 0 aliphatic carbocycles. The maximum absolute atomic E-state index is 13.9. The van der Waals surface area contributed by atoms with Crippen LogP contribution in [0.1, 0.15) is 31.1 Å². The van der Waals surface area contributed by atoms with Crippen LogP contribution in [0.2, 0.25) is 0 Å². The molecule has 3 unspecified atom stereocenters. The Morgan fingerprint density at radius 2 is 1.74 bits per heavy atom. The van der Waals surface area contributed by atoms with Crippen LogP contribution in [0.5, 0.6) is 0 Å². The van der Waals surface area contributed by atoms with E-state index in [1.54, 1.807) is 44.2 Å². The molecule has 4 rings (SSSR count). The molecule has 2 amide bonds. The highest BCUT2D eigenvalue weighted by Crippen LogP contribution is 2.37. The van der Waals surface area contributed by atoms with Gasteiger partial charge in [-0.25, -0.2) is 9.69 Å². The second kappa shape index (κ2) is 7.67. The van der Waals surface area contributed by atoms with Crippen molar-refractivity contribution in [3.8, 4) is 0 Å². The average Bonchev–Trinajstić information content (AvgIpc) is 3.39. The van der Waals surface area contributed by atoms with Crippen LogP contribution in [-0.2, 0) is 15.1 Å². The fourth-order valence-corrected chi connectivity index (χ4v) is 3.85. The van der Waals surface area contributed by atoms with Crippen molar-refractivity contribution in [1.29, 1.82) is 0 Å². The van der Waals surface area contributed by atoms with E-state index in [-0.39, 0.29) is 0 Å². The third-order valence-corrected chi connectivity index (χ3v) is 5.64. The van der Waals surface area contributed by atoms with Gasteiger partial charge in [-0.1, -0.05) is 60.7 Å². The molecular formula is C22H20N4O5. The van der Waals surface area contributed by atoms with Gasteiger partial charge in [-0.05, 0) is 34.9 Å². The van der Waals surface area contributed by atoms with E-state index < -0.39 is 40.4 Å². The fourth-order valence-electron chi connectivity index (χ4n) is 3.85. The van der Waals surface area contributed by atoms with Crippen molar-refractivity contribution in [3.63, 3.8) is 0 Å². The molecule has 9 nitrogen and oxygen atoms in total. The number of rotatable bonds is 5. The van der Waals surface area contributed by atoms with Gasteiger partial charge in [0.05, 0.1) is 6.04 Å². The molecule has 31 heavy (non-hydrogen) atoms. The number of aromatic nitrogens is 2. The molecule has 3 aromatic rings. The Hall–Kier alpha value is -4.01. The summed E-state index contributed by atoms with van der Waals surface area (Å²) in [5.74, 6) is -0.962. The van der Waals surface area contributed by atoms with Gasteiger partial charge in [0, 0.05) is 0 Å². The van der Waals surface area contributed by atoms with Crippen LogP contribution in [0.3, 0.4) is 0 Å². The van der Waals surface area contributed by atoms with E-state index in [2.05, 4.69) is 4.98 Å². The van der Waals surface area contributed by atoms with E-state index in [9.17, 15) is 19.7 Å². The van der Waals surface area contributed by atoms with Crippen molar-refractivity contribution < 1.29 is 19.2 Å². The number of nitrogens with zero attached hydrogens (tertiary/aromatic N) is 4. The topological polar surface area (TPSA) is 108 Å². The minimum absolute atomic E-state index is 0.394. The van der Waals surface area contributed by atoms with Gasteiger partial charge < -0.3 is 14.9 Å². The van der Waals surface area contributed by atoms with E-state index in [4.69, 9.17) is 4.74 Å². The van der Waals surface area contributed by atoms with Crippen LogP contribution in [0, 0.1) is 10.1 Å². The second-order valence-corrected chi connectivity index (χ2v) is 7.47. The summed E-state index contributed by atoms with van der Waals surface area (Å²) in [5, 5.41) is 11.2. The van der Waals surface area contributed by atoms with Crippen molar-refractivity contribution in [3.05, 3.63) is 94.4 Å². The van der Waals surface area contributed by atoms with Crippen molar-refractivity contribution in [2.45, 2.75) is 31.5 Å². The lowest BCUT2D eigenvalue weighted by molar-refractivity contribution is -0.389. The van der Waals surface area contributed by atoms with E-state index in [0.29, 0.717) is 5.56 Å². The Morgan fingerprint density at radius 1 is 1.13 bits per heavy atom. The first kappa shape index (κ1) is 20.3. The third kappa shape index (κ3) is 3.33. The SMILES string of the molecule is CC1C(c2ccccc2)OC(=O)N1C(=O)C(C)(c1ccccc1)n1cnc([N+](=O)[O-])c1. The average molecular weight is 420 g/mol. The highest BCUT2D eigenvalue weighted by Gasteiger charge is 2.51. The maximum atomic E-state index is 13.9. The molecule has 0 N–H and O–H groups in total. The molecule has 1 fully saturated rings. The van der Waals surface area contributed by atoms with Crippen LogP contribution < -0.4 is 0 Å². The Balaban J connectivity index is 1.77. The first-order valence-electron chi connectivity index (χ1n) is 9.67. The normalized spacial score (nSPS) is 20.2. The lowest BCUT2D eigenvalue weighted by atomic mass is 9.89. The number of imidazole rings is 1. The smallest absolute Gasteiger partial charge is 0.417 e. The van der Waals surface area contributed by atoms with Crippen LogP contribution in [0.4, 0.5) is 10.6 Å². The quantitative estimate of drug-likeness (QED) is 0.460. The molecular weight excluding hydrogens is 400 g/mol. The zero-order valence-corrected chi connectivity index (χ0v) is 16.9. The molecule has 158 valence electrons. The van der Waals surface area contributed by atoms with Gasteiger partial charge in [-0.15, -0.1) is 0 Å². The van der Waals surface area contributed by atoms with Gasteiger partial charge >= 0.3 is 11.9 Å². The van der Waals surface area contributed by atoms with E-state index in [1.807, 2.05) is 30.3 Å². The summed E-state index contributed by atoms with van der Waals surface area (Å²) in [5.41, 5.74) is -0.129. The first-order valence-corrected chi connectivity index (χ1v) is 9.67. The molecule has 1 saturated heterocycles. The maximum Gasteiger partial charge on any atom is 0.417 e. The van der Waals surface area contributed by atoms with E-state index in [0.717, 1.165) is 10.5 Å². The first-order chi connectivity index (χ1) is 14.8. The molecule has 3 atom stereocenters. The lowest BCUT2D eigenvalue weighted by Gasteiger charge is -2.33. The molecule has 1 aromatic heterocycles. The van der Waals surface area contributed by atoms with Crippen molar-refractivity contribution in [2.24, 2.45) is 0 Å². The van der Waals surface area contributed by atoms with Crippen LogP contribution in [0.15, 0.2) is 73.2 Å². The molecule has 9 heteroatoms. The summed E-state index contributed by atoms with van der Waals surface area (Å²) in [6, 6.07) is 17.4. The van der Waals surface area contributed by atoms with Gasteiger partial charge in [0.1, 0.15) is 17.8 Å². The number of imide groups is 1. The number of amides is 2. The molecule has 0 bridgehead atoms. The summed E-state index contributed by atoms with van der Waals surface area (Å²) in [6.07, 6.45) is 1.04. The van der Waals surface area contributed by atoms with Gasteiger partial charge in [0.25, 0.3) is 5.91 Å². The Kier molecular flexibility index (Phi) is 5.02. The standard InChI is InChI=1S/C22H20N4O5/c1-15-19(16-9-5-3-6-10-16)31-21(28)25(15)20(27)22(2,17-11-7-4-8-12-17)24-13-18(23-14-24)26(29)30/h3-15,19H,1-2H3. The summed E-state index contributed by atoms with van der Waals surface area (Å²) < 4.78 is 6.90. The largest absolute Gasteiger partial charge is 0.439 e. The number of carbonyl (C=O) groups is 2. The Labute approximate surface area is 178 Å². The highest BCUT2D eigenvalue weighted by molar-refractivity contribution is 5.99. The summed E-state index contributed by atoms with van der Waals surface area (Å²) in [4.78, 5) is 42.0. The van der Waals surface area contributed by atoms with Crippen molar-refractivity contribution in [2.75, 3.05) is 0 Å². The second-order valence-electron chi connectivity index (χ2n) is 7.47. The van der Waals surface area contributed by atoms with E-state index in [1.165, 1.54) is 17.1 Å². The van der Waals surface area contributed by atoms with Crippen molar-refractivity contribution in [1.82, 2.24) is 14.5 Å². The number of hydrogen-bond donors (Lipinski definition) is 0. The Morgan fingerprint density at radius 3 is 2.32 bits per heavy atom. The van der Waals surface area contributed by atoms with E-state index >= 15 is 0 Å². The third-order valence-electron chi connectivity index (χ3n) is 5.64. The molecule has 0 spiro atoms. The summed E-state index contributed by atoms with van der Waals surface area (Å²) >= 11 is 0. The lowest BCUT2D eigenvalue weighted by Crippen LogP contribution is -2.52. The molecule has 0 radical (unpaired) electrons. The zero-order chi connectivity index (χ0) is 22.2. The van der Waals surface area contributed by atoms with Crippen LogP contribution in [-0.4, -0.2) is 37.4 Å². The summed E-state index contributed by atoms with van der Waals surface area (Å²) in [7, 11) is 0. The number of hydrogen-bond acceptors (Lipinski definition) is 6.